The van der Waals surface area contributed by atoms with Crippen molar-refractivity contribution in [3.8, 4) is 34.5 Å². The van der Waals surface area contributed by atoms with Gasteiger partial charge in [-0.2, -0.15) is 0 Å². The van der Waals surface area contributed by atoms with Crippen molar-refractivity contribution in [3.63, 3.8) is 0 Å². The van der Waals surface area contributed by atoms with Crippen molar-refractivity contribution in [1.29, 1.82) is 0 Å². The summed E-state index contributed by atoms with van der Waals surface area (Å²) in [5.74, 6) is 2.81. The fraction of sp³-hybridized carbons (Fsp3) is 0.323. The molecule has 220 valence electrons. The minimum atomic E-state index is -0.746. The molecule has 0 aliphatic heterocycles. The van der Waals surface area contributed by atoms with Crippen molar-refractivity contribution in [3.05, 3.63) is 71.3 Å². The molecule has 41 heavy (non-hydrogen) atoms. The molecule has 0 aliphatic rings. The van der Waals surface area contributed by atoms with Gasteiger partial charge in [-0.05, 0) is 47.5 Å². The molecule has 1 unspecified atom stereocenters. The van der Waals surface area contributed by atoms with Crippen LogP contribution in [0.25, 0.3) is 11.6 Å². The van der Waals surface area contributed by atoms with E-state index in [4.69, 9.17) is 33.2 Å². The fourth-order valence-corrected chi connectivity index (χ4v) is 4.07. The van der Waals surface area contributed by atoms with E-state index in [0.717, 1.165) is 5.56 Å². The third-order valence-corrected chi connectivity index (χ3v) is 6.20. The first-order chi connectivity index (χ1) is 19.9. The van der Waals surface area contributed by atoms with Crippen LogP contribution < -0.4 is 33.7 Å². The molecule has 0 saturated heterocycles. The summed E-state index contributed by atoms with van der Waals surface area (Å²) in [7, 11) is 9.09. The van der Waals surface area contributed by atoms with E-state index in [-0.39, 0.29) is 6.61 Å². The van der Waals surface area contributed by atoms with E-state index >= 15 is 0 Å². The molecule has 3 aromatic carbocycles. The number of hydrogen-bond donors (Lipinski definition) is 2. The van der Waals surface area contributed by atoms with Gasteiger partial charge in [-0.15, -0.1) is 0 Å². The number of benzene rings is 3. The van der Waals surface area contributed by atoms with Gasteiger partial charge < -0.3 is 43.6 Å². The number of aliphatic hydroxyl groups excluding tert-OH is 1. The van der Waals surface area contributed by atoms with Crippen LogP contribution in [0.4, 0.5) is 0 Å². The van der Waals surface area contributed by atoms with Crippen molar-refractivity contribution < 1.29 is 43.1 Å². The quantitative estimate of drug-likeness (QED) is 0.159. The maximum Gasteiger partial charge on any atom is 0.338 e. The number of carbonyl (C=O) groups is 1. The molecule has 0 heterocycles. The second kappa shape index (κ2) is 15.4. The molecule has 0 fully saturated rings. The lowest BCUT2D eigenvalue weighted by Crippen LogP contribution is -2.31. The topological polar surface area (TPSA) is 114 Å². The van der Waals surface area contributed by atoms with E-state index in [0.29, 0.717) is 64.3 Å². The first-order valence-electron chi connectivity index (χ1n) is 12.8. The van der Waals surface area contributed by atoms with Gasteiger partial charge in [0, 0.05) is 24.7 Å². The van der Waals surface area contributed by atoms with Crippen LogP contribution in [0.3, 0.4) is 0 Å². The van der Waals surface area contributed by atoms with Crippen LogP contribution in [0, 0.1) is 0 Å². The van der Waals surface area contributed by atoms with Gasteiger partial charge in [0.2, 0.25) is 5.75 Å². The molecule has 0 bridgehead atoms. The number of rotatable bonds is 15. The molecule has 0 aromatic heterocycles. The maximum absolute atomic E-state index is 12.7. The summed E-state index contributed by atoms with van der Waals surface area (Å²) in [6.45, 7) is 0.905. The summed E-state index contributed by atoms with van der Waals surface area (Å²) in [4.78, 5) is 12.7. The summed E-state index contributed by atoms with van der Waals surface area (Å²) in [6, 6.07) is 16.0. The molecule has 0 spiro atoms. The standard InChI is InChI=1S/C31H37NO9/c1-35-25-12-9-22(27(16-25)36-2)17-32-18-23(33)19-41-24-10-7-21(8-11-24)26(31(34)40-6)13-20-14-28(37-3)30(39-5)29(15-20)38-4/h7-16,23,32-33H,17-19H2,1-6H3/b26-13+. The monoisotopic (exact) mass is 567 g/mol. The Morgan fingerprint density at radius 1 is 0.805 bits per heavy atom. The normalized spacial score (nSPS) is 11.8. The molecular formula is C31H37NO9. The number of aliphatic hydroxyl groups is 1. The molecule has 2 N–H and O–H groups in total. The Hall–Kier alpha value is -4.41. The van der Waals surface area contributed by atoms with E-state index in [9.17, 15) is 9.90 Å². The van der Waals surface area contributed by atoms with E-state index < -0.39 is 12.1 Å². The summed E-state index contributed by atoms with van der Waals surface area (Å²) >= 11 is 0. The number of hydrogen-bond acceptors (Lipinski definition) is 10. The Labute approximate surface area is 240 Å². The third-order valence-electron chi connectivity index (χ3n) is 6.20. The van der Waals surface area contributed by atoms with E-state index in [1.165, 1.54) is 28.4 Å². The molecule has 0 aliphatic carbocycles. The molecular weight excluding hydrogens is 530 g/mol. The van der Waals surface area contributed by atoms with Gasteiger partial charge in [-0.3, -0.25) is 0 Å². The van der Waals surface area contributed by atoms with Crippen LogP contribution in [-0.4, -0.2) is 73.0 Å². The molecule has 10 nitrogen and oxygen atoms in total. The lowest BCUT2D eigenvalue weighted by Gasteiger charge is -2.15. The third kappa shape index (κ3) is 8.29. The summed E-state index contributed by atoms with van der Waals surface area (Å²) in [5.41, 5.74) is 2.54. The zero-order valence-corrected chi connectivity index (χ0v) is 24.2. The van der Waals surface area contributed by atoms with Gasteiger partial charge in [0.05, 0.1) is 48.2 Å². The number of carbonyl (C=O) groups excluding carboxylic acids is 1. The van der Waals surface area contributed by atoms with Crippen molar-refractivity contribution in [2.24, 2.45) is 0 Å². The summed E-state index contributed by atoms with van der Waals surface area (Å²) in [5, 5.41) is 13.6. The summed E-state index contributed by atoms with van der Waals surface area (Å²) in [6.07, 6.45) is 0.934. The van der Waals surface area contributed by atoms with E-state index in [2.05, 4.69) is 5.32 Å². The van der Waals surface area contributed by atoms with Crippen LogP contribution in [0.1, 0.15) is 16.7 Å². The van der Waals surface area contributed by atoms with Crippen LogP contribution in [0.2, 0.25) is 0 Å². The zero-order valence-electron chi connectivity index (χ0n) is 24.2. The van der Waals surface area contributed by atoms with Crippen LogP contribution in [-0.2, 0) is 16.1 Å². The Morgan fingerprint density at radius 2 is 1.44 bits per heavy atom. The highest BCUT2D eigenvalue weighted by Crippen LogP contribution is 2.39. The Bertz CT molecular complexity index is 1300. The number of methoxy groups -OCH3 is 6. The fourth-order valence-electron chi connectivity index (χ4n) is 4.07. The molecule has 0 amide bonds. The largest absolute Gasteiger partial charge is 0.497 e. The van der Waals surface area contributed by atoms with Crippen molar-refractivity contribution in [2.45, 2.75) is 12.6 Å². The smallest absolute Gasteiger partial charge is 0.338 e. The van der Waals surface area contributed by atoms with Gasteiger partial charge in [0.15, 0.2) is 11.5 Å². The first-order valence-corrected chi connectivity index (χ1v) is 12.8. The van der Waals surface area contributed by atoms with Crippen molar-refractivity contribution in [1.82, 2.24) is 5.32 Å². The molecule has 3 rings (SSSR count). The molecule has 0 radical (unpaired) electrons. The van der Waals surface area contributed by atoms with Crippen molar-refractivity contribution >= 4 is 17.6 Å². The Kier molecular flexibility index (Phi) is 11.7. The average Bonchev–Trinajstić information content (AvgIpc) is 3.01. The Balaban J connectivity index is 1.64. The average molecular weight is 568 g/mol. The predicted octanol–water partition coefficient (Wildman–Crippen LogP) is 3.97. The van der Waals surface area contributed by atoms with Gasteiger partial charge in [0.25, 0.3) is 0 Å². The predicted molar refractivity (Wildman–Crippen MR) is 155 cm³/mol. The van der Waals surface area contributed by atoms with E-state index in [1.807, 2.05) is 18.2 Å². The maximum atomic E-state index is 12.7. The number of nitrogens with one attached hydrogen (secondary N) is 1. The van der Waals surface area contributed by atoms with Gasteiger partial charge >= 0.3 is 5.97 Å². The highest BCUT2D eigenvalue weighted by Gasteiger charge is 2.17. The van der Waals surface area contributed by atoms with Crippen LogP contribution in [0.15, 0.2) is 54.6 Å². The second-order valence-electron chi connectivity index (χ2n) is 8.81. The zero-order chi connectivity index (χ0) is 29.8. The number of ether oxygens (including phenoxy) is 7. The van der Waals surface area contributed by atoms with Gasteiger partial charge in [0.1, 0.15) is 30.0 Å². The lowest BCUT2D eigenvalue weighted by molar-refractivity contribution is -0.133. The molecule has 3 aromatic rings. The van der Waals surface area contributed by atoms with E-state index in [1.54, 1.807) is 56.7 Å². The lowest BCUT2D eigenvalue weighted by atomic mass is 10.0. The summed E-state index contributed by atoms with van der Waals surface area (Å²) < 4.78 is 37.6. The van der Waals surface area contributed by atoms with Crippen LogP contribution in [0.5, 0.6) is 34.5 Å². The highest BCUT2D eigenvalue weighted by molar-refractivity contribution is 6.21. The van der Waals surface area contributed by atoms with Gasteiger partial charge in [-0.25, -0.2) is 4.79 Å². The number of esters is 1. The minimum absolute atomic E-state index is 0.0806. The molecule has 10 heteroatoms. The van der Waals surface area contributed by atoms with Gasteiger partial charge in [-0.1, -0.05) is 18.2 Å². The SMILES string of the molecule is COC(=O)/C(=C/c1cc(OC)c(OC)c(OC)c1)c1ccc(OCC(O)CNCc2ccc(OC)cc2OC)cc1. The second-order valence-corrected chi connectivity index (χ2v) is 8.81. The minimum Gasteiger partial charge on any atom is -0.497 e. The van der Waals surface area contributed by atoms with Crippen LogP contribution >= 0.6 is 0 Å². The molecule has 0 saturated carbocycles. The molecule has 1 atom stereocenters. The first kappa shape index (κ1) is 31.1. The Morgan fingerprint density at radius 3 is 2.00 bits per heavy atom. The van der Waals surface area contributed by atoms with Crippen molar-refractivity contribution in [2.75, 3.05) is 55.8 Å². The highest BCUT2D eigenvalue weighted by atomic mass is 16.5.